The van der Waals surface area contributed by atoms with E-state index in [4.69, 9.17) is 10.5 Å². The molecule has 0 bridgehead atoms. The van der Waals surface area contributed by atoms with Gasteiger partial charge >= 0.3 is 5.97 Å². The van der Waals surface area contributed by atoms with Crippen LogP contribution in [0.4, 0.5) is 5.69 Å². The van der Waals surface area contributed by atoms with Crippen LogP contribution in [0.2, 0.25) is 0 Å². The molecule has 122 valence electrons. The van der Waals surface area contributed by atoms with E-state index in [2.05, 4.69) is 15.0 Å². The summed E-state index contributed by atoms with van der Waals surface area (Å²) < 4.78 is 9.77. The molecule has 1 aromatic carbocycles. The third kappa shape index (κ3) is 5.04. The van der Waals surface area contributed by atoms with E-state index in [9.17, 15) is 9.59 Å². The monoisotopic (exact) mass is 335 g/mol. The second-order valence-corrected chi connectivity index (χ2v) is 5.45. The summed E-state index contributed by atoms with van der Waals surface area (Å²) >= 11 is 1.40. The Balaban J connectivity index is 1.98. The number of thiazole rings is 1. The van der Waals surface area contributed by atoms with Gasteiger partial charge in [-0.3, -0.25) is 4.79 Å². The van der Waals surface area contributed by atoms with Crippen LogP contribution in [0.1, 0.15) is 15.5 Å². The summed E-state index contributed by atoms with van der Waals surface area (Å²) in [5.74, 6) is -0.334. The first-order valence-corrected chi connectivity index (χ1v) is 7.76. The lowest BCUT2D eigenvalue weighted by atomic mass is 10.3. The Bertz CT molecular complexity index is 687. The maximum absolute atomic E-state index is 12.1. The van der Waals surface area contributed by atoms with E-state index < -0.39 is 5.97 Å². The topological polar surface area (TPSA) is 104 Å². The van der Waals surface area contributed by atoms with Gasteiger partial charge in [-0.15, -0.1) is 11.3 Å². The van der Waals surface area contributed by atoms with Crippen molar-refractivity contribution >= 4 is 28.9 Å². The van der Waals surface area contributed by atoms with Gasteiger partial charge in [0, 0.05) is 23.6 Å². The second-order valence-electron chi connectivity index (χ2n) is 4.51. The number of nitrogens with one attached hydrogen (secondary N) is 1. The predicted octanol–water partition coefficient (Wildman–Crippen LogP) is 1.45. The van der Waals surface area contributed by atoms with Crippen molar-refractivity contribution in [2.45, 2.75) is 6.42 Å². The summed E-state index contributed by atoms with van der Waals surface area (Å²) in [5.41, 5.74) is 6.36. The molecule has 0 unspecified atom stereocenters. The molecule has 23 heavy (non-hydrogen) atoms. The van der Waals surface area contributed by atoms with Gasteiger partial charge in [0.25, 0.3) is 5.91 Å². The molecule has 8 heteroatoms. The van der Waals surface area contributed by atoms with E-state index in [-0.39, 0.29) is 12.5 Å². The zero-order chi connectivity index (χ0) is 16.7. The minimum absolute atomic E-state index is 0.192. The Labute approximate surface area is 137 Å². The van der Waals surface area contributed by atoms with Gasteiger partial charge in [-0.25, -0.2) is 9.78 Å². The smallest absolute Gasteiger partial charge is 0.343 e. The third-order valence-corrected chi connectivity index (χ3v) is 3.73. The molecule has 0 aliphatic carbocycles. The van der Waals surface area contributed by atoms with Gasteiger partial charge in [-0.2, -0.15) is 0 Å². The van der Waals surface area contributed by atoms with E-state index in [1.54, 1.807) is 29.6 Å². The Hall–Kier alpha value is -2.45. The van der Waals surface area contributed by atoms with Crippen molar-refractivity contribution in [3.63, 3.8) is 0 Å². The van der Waals surface area contributed by atoms with Gasteiger partial charge in [0.1, 0.15) is 11.4 Å². The number of nitrogens with two attached hydrogens (primary N) is 1. The average Bonchev–Trinajstić information content (AvgIpc) is 3.02. The molecule has 2 rings (SSSR count). The summed E-state index contributed by atoms with van der Waals surface area (Å²) in [7, 11) is 1.29. The number of carbonyl (C=O) groups excluding carboxylic acids is 2. The highest BCUT2D eigenvalue weighted by molar-refractivity contribution is 7.09. The molecule has 0 aliphatic heterocycles. The van der Waals surface area contributed by atoms with Crippen LogP contribution in [0.3, 0.4) is 0 Å². The van der Waals surface area contributed by atoms with Crippen LogP contribution in [0, 0.1) is 0 Å². The highest BCUT2D eigenvalue weighted by atomic mass is 32.1. The number of carbonyl (C=O) groups is 2. The first-order valence-electron chi connectivity index (χ1n) is 6.88. The van der Waals surface area contributed by atoms with Crippen LogP contribution in [0.15, 0.2) is 29.6 Å². The largest absolute Gasteiger partial charge is 0.482 e. The molecule has 1 heterocycles. The second kappa shape index (κ2) is 8.25. The maximum atomic E-state index is 12.1. The Morgan fingerprint density at radius 3 is 2.96 bits per heavy atom. The molecule has 0 fully saturated rings. The van der Waals surface area contributed by atoms with Crippen molar-refractivity contribution in [2.24, 2.45) is 5.73 Å². The molecular formula is C15H17N3O4S. The molecule has 0 aliphatic rings. The molecule has 0 saturated carbocycles. The van der Waals surface area contributed by atoms with Crippen molar-refractivity contribution in [3.05, 3.63) is 40.3 Å². The highest BCUT2D eigenvalue weighted by Crippen LogP contribution is 2.19. The van der Waals surface area contributed by atoms with Crippen LogP contribution in [0.25, 0.3) is 0 Å². The lowest BCUT2D eigenvalue weighted by Gasteiger charge is -2.07. The van der Waals surface area contributed by atoms with Gasteiger partial charge < -0.3 is 20.5 Å². The minimum atomic E-state index is -0.477. The standard InChI is InChI=1S/C15H17N3O4S/c1-21-14(19)8-22-11-4-2-3-10(7-11)17-15(20)12-9-23-13(18-12)5-6-16/h2-4,7,9H,5-6,8,16H2,1H3,(H,17,20). The molecule has 1 aromatic heterocycles. The highest BCUT2D eigenvalue weighted by Gasteiger charge is 2.11. The number of benzene rings is 1. The fraction of sp³-hybridized carbons (Fsp3) is 0.267. The number of hydrogen-bond donors (Lipinski definition) is 2. The number of methoxy groups -OCH3 is 1. The van der Waals surface area contributed by atoms with Gasteiger partial charge in [0.2, 0.25) is 0 Å². The third-order valence-electron chi connectivity index (χ3n) is 2.82. The van der Waals surface area contributed by atoms with Crippen molar-refractivity contribution in [1.29, 1.82) is 0 Å². The lowest BCUT2D eigenvalue weighted by Crippen LogP contribution is -2.14. The molecule has 7 nitrogen and oxygen atoms in total. The molecule has 0 saturated heterocycles. The van der Waals surface area contributed by atoms with Crippen LogP contribution in [-0.4, -0.2) is 37.1 Å². The number of esters is 1. The van der Waals surface area contributed by atoms with Crippen LogP contribution in [0.5, 0.6) is 5.75 Å². The maximum Gasteiger partial charge on any atom is 0.343 e. The number of amides is 1. The minimum Gasteiger partial charge on any atom is -0.482 e. The summed E-state index contributed by atoms with van der Waals surface area (Å²) in [6.07, 6.45) is 0.648. The van der Waals surface area contributed by atoms with E-state index in [1.165, 1.54) is 18.4 Å². The van der Waals surface area contributed by atoms with Gasteiger partial charge in [-0.05, 0) is 18.7 Å². The fourth-order valence-electron chi connectivity index (χ4n) is 1.71. The van der Waals surface area contributed by atoms with E-state index in [0.717, 1.165) is 5.01 Å². The number of ether oxygens (including phenoxy) is 2. The molecule has 0 atom stereocenters. The van der Waals surface area contributed by atoms with Gasteiger partial charge in [0.05, 0.1) is 12.1 Å². The van der Waals surface area contributed by atoms with Crippen LogP contribution >= 0.6 is 11.3 Å². The normalized spacial score (nSPS) is 10.2. The van der Waals surface area contributed by atoms with Crippen molar-refractivity contribution in [1.82, 2.24) is 4.98 Å². The molecule has 1 amide bonds. The van der Waals surface area contributed by atoms with Gasteiger partial charge in [-0.1, -0.05) is 6.07 Å². The van der Waals surface area contributed by atoms with Crippen molar-refractivity contribution in [3.8, 4) is 5.75 Å². The number of aromatic nitrogens is 1. The Kier molecular flexibility index (Phi) is 6.07. The van der Waals surface area contributed by atoms with Crippen molar-refractivity contribution < 1.29 is 19.1 Å². The Morgan fingerprint density at radius 2 is 2.22 bits per heavy atom. The first kappa shape index (κ1) is 16.9. The summed E-state index contributed by atoms with van der Waals surface area (Å²) in [6, 6.07) is 6.73. The number of anilines is 1. The quantitative estimate of drug-likeness (QED) is 0.742. The molecular weight excluding hydrogens is 318 g/mol. The Morgan fingerprint density at radius 1 is 1.39 bits per heavy atom. The molecule has 3 N–H and O–H groups in total. The van der Waals surface area contributed by atoms with Crippen molar-refractivity contribution in [2.75, 3.05) is 25.6 Å². The lowest BCUT2D eigenvalue weighted by molar-refractivity contribution is -0.142. The van der Waals surface area contributed by atoms with E-state index >= 15 is 0 Å². The van der Waals surface area contributed by atoms with Gasteiger partial charge in [0.15, 0.2) is 6.61 Å². The fourth-order valence-corrected chi connectivity index (χ4v) is 2.51. The molecule has 0 radical (unpaired) electrons. The molecule has 2 aromatic rings. The van der Waals surface area contributed by atoms with Crippen LogP contribution in [-0.2, 0) is 16.0 Å². The number of hydrogen-bond acceptors (Lipinski definition) is 7. The number of rotatable bonds is 7. The first-order chi connectivity index (χ1) is 11.1. The average molecular weight is 335 g/mol. The van der Waals surface area contributed by atoms with Crippen LogP contribution < -0.4 is 15.8 Å². The predicted molar refractivity (Wildman–Crippen MR) is 86.8 cm³/mol. The summed E-state index contributed by atoms with van der Waals surface area (Å²) in [5, 5.41) is 5.25. The van der Waals surface area contributed by atoms with E-state index in [1.807, 2.05) is 0 Å². The SMILES string of the molecule is COC(=O)COc1cccc(NC(=O)c2csc(CCN)n2)c1. The zero-order valence-corrected chi connectivity index (χ0v) is 13.4. The number of nitrogens with zero attached hydrogens (tertiary/aromatic N) is 1. The zero-order valence-electron chi connectivity index (χ0n) is 12.6. The summed E-state index contributed by atoms with van der Waals surface area (Å²) in [4.78, 5) is 27.4. The molecule has 0 spiro atoms. The summed E-state index contributed by atoms with van der Waals surface area (Å²) in [6.45, 7) is 0.302. The van der Waals surface area contributed by atoms with E-state index in [0.29, 0.717) is 30.1 Å².